The van der Waals surface area contributed by atoms with E-state index in [9.17, 15) is 16.8 Å². The summed E-state index contributed by atoms with van der Waals surface area (Å²) in [6.45, 7) is 7.12. The van der Waals surface area contributed by atoms with Crippen molar-refractivity contribution in [2.24, 2.45) is 7.05 Å². The Morgan fingerprint density at radius 1 is 0.800 bits per heavy atom. The molecule has 3 rings (SSSR count). The average molecular weight is 449 g/mol. The van der Waals surface area contributed by atoms with Crippen LogP contribution in [0.2, 0.25) is 0 Å². The van der Waals surface area contributed by atoms with E-state index in [1.165, 1.54) is 18.3 Å². The number of nitrogens with zero attached hydrogens (tertiary/aromatic N) is 2. The SMILES string of the molecule is Cc1ccc(NS(=O)(=O)c2ccc(C)c(NS(=O)(=O)c3cn(C)c(C)n3)c2)c(C)c1. The van der Waals surface area contributed by atoms with E-state index in [1.807, 2.05) is 26.0 Å². The van der Waals surface area contributed by atoms with E-state index in [0.717, 1.165) is 11.1 Å². The summed E-state index contributed by atoms with van der Waals surface area (Å²) >= 11 is 0. The third kappa shape index (κ3) is 4.49. The molecule has 0 spiro atoms. The number of anilines is 2. The van der Waals surface area contributed by atoms with Gasteiger partial charge in [-0.1, -0.05) is 23.8 Å². The molecule has 0 amide bonds. The molecular weight excluding hydrogens is 424 g/mol. The predicted octanol–water partition coefficient (Wildman–Crippen LogP) is 3.26. The number of benzene rings is 2. The zero-order chi connectivity index (χ0) is 22.3. The fourth-order valence-corrected chi connectivity index (χ4v) is 5.18. The molecule has 1 aromatic heterocycles. The Morgan fingerprint density at radius 3 is 2.07 bits per heavy atom. The number of hydrogen-bond acceptors (Lipinski definition) is 5. The first-order valence-electron chi connectivity index (χ1n) is 9.12. The Hall–Kier alpha value is -2.85. The molecule has 0 aliphatic heterocycles. The monoisotopic (exact) mass is 448 g/mol. The lowest BCUT2D eigenvalue weighted by Gasteiger charge is -2.14. The molecule has 0 aliphatic carbocycles. The molecule has 10 heteroatoms. The van der Waals surface area contributed by atoms with Gasteiger partial charge in [-0.15, -0.1) is 0 Å². The Labute approximate surface area is 177 Å². The molecule has 0 saturated heterocycles. The van der Waals surface area contributed by atoms with Gasteiger partial charge < -0.3 is 4.57 Å². The number of nitrogens with one attached hydrogen (secondary N) is 2. The van der Waals surface area contributed by atoms with Gasteiger partial charge >= 0.3 is 0 Å². The van der Waals surface area contributed by atoms with Gasteiger partial charge in [-0.05, 0) is 57.0 Å². The van der Waals surface area contributed by atoms with Crippen molar-refractivity contribution in [3.05, 3.63) is 65.1 Å². The van der Waals surface area contributed by atoms with Crippen molar-refractivity contribution in [1.29, 1.82) is 0 Å². The van der Waals surface area contributed by atoms with Crippen LogP contribution in [0.1, 0.15) is 22.5 Å². The highest BCUT2D eigenvalue weighted by Gasteiger charge is 2.22. The maximum atomic E-state index is 12.9. The van der Waals surface area contributed by atoms with Gasteiger partial charge in [0.05, 0.1) is 16.3 Å². The maximum Gasteiger partial charge on any atom is 0.280 e. The second-order valence-electron chi connectivity index (χ2n) is 7.24. The van der Waals surface area contributed by atoms with Crippen LogP contribution < -0.4 is 9.44 Å². The molecule has 2 aromatic carbocycles. The first kappa shape index (κ1) is 21.8. The molecule has 3 aromatic rings. The summed E-state index contributed by atoms with van der Waals surface area (Å²) in [5.74, 6) is 0.543. The normalized spacial score (nSPS) is 12.0. The number of rotatable bonds is 6. The number of hydrogen-bond donors (Lipinski definition) is 2. The first-order chi connectivity index (χ1) is 13.9. The summed E-state index contributed by atoms with van der Waals surface area (Å²) in [5.41, 5.74) is 3.02. The van der Waals surface area contributed by atoms with Crippen LogP contribution in [0.4, 0.5) is 11.4 Å². The van der Waals surface area contributed by atoms with Crippen molar-refractivity contribution < 1.29 is 16.8 Å². The van der Waals surface area contributed by atoms with Crippen LogP contribution >= 0.6 is 0 Å². The van der Waals surface area contributed by atoms with Crippen LogP contribution in [0.25, 0.3) is 0 Å². The Morgan fingerprint density at radius 2 is 1.47 bits per heavy atom. The quantitative estimate of drug-likeness (QED) is 0.601. The van der Waals surface area contributed by atoms with Crippen LogP contribution in [0.15, 0.2) is 52.5 Å². The van der Waals surface area contributed by atoms with Gasteiger partial charge in [-0.25, -0.2) is 13.4 Å². The van der Waals surface area contributed by atoms with Crippen molar-refractivity contribution in [1.82, 2.24) is 9.55 Å². The molecular formula is C20H24N4O4S2. The lowest BCUT2D eigenvalue weighted by Crippen LogP contribution is -2.17. The molecule has 1 heterocycles. The zero-order valence-corrected chi connectivity index (χ0v) is 19.0. The topological polar surface area (TPSA) is 110 Å². The second-order valence-corrected chi connectivity index (χ2v) is 10.6. The smallest absolute Gasteiger partial charge is 0.280 e. The highest BCUT2D eigenvalue weighted by atomic mass is 32.2. The Bertz CT molecular complexity index is 1310. The fourth-order valence-electron chi connectivity index (χ4n) is 2.86. The third-order valence-corrected chi connectivity index (χ3v) is 7.35. The first-order valence-corrected chi connectivity index (χ1v) is 12.1. The van der Waals surface area contributed by atoms with Crippen LogP contribution in [-0.4, -0.2) is 26.4 Å². The molecule has 0 fully saturated rings. The van der Waals surface area contributed by atoms with Gasteiger partial charge in [0, 0.05) is 13.2 Å². The lowest BCUT2D eigenvalue weighted by atomic mass is 10.1. The van der Waals surface area contributed by atoms with Crippen molar-refractivity contribution >= 4 is 31.4 Å². The minimum atomic E-state index is -3.97. The number of aryl methyl sites for hydroxylation is 5. The van der Waals surface area contributed by atoms with Gasteiger partial charge in [-0.2, -0.15) is 8.42 Å². The number of imidazole rings is 1. The van der Waals surface area contributed by atoms with E-state index in [-0.39, 0.29) is 15.6 Å². The van der Waals surface area contributed by atoms with E-state index < -0.39 is 20.0 Å². The van der Waals surface area contributed by atoms with Crippen LogP contribution in [0, 0.1) is 27.7 Å². The van der Waals surface area contributed by atoms with Crippen LogP contribution in [0.3, 0.4) is 0 Å². The summed E-state index contributed by atoms with van der Waals surface area (Å²) < 4.78 is 57.8. The van der Waals surface area contributed by atoms with Gasteiger partial charge in [-0.3, -0.25) is 9.44 Å². The van der Waals surface area contributed by atoms with Crippen molar-refractivity contribution in [3.8, 4) is 0 Å². The lowest BCUT2D eigenvalue weighted by molar-refractivity contribution is 0.596. The van der Waals surface area contributed by atoms with E-state index in [0.29, 0.717) is 17.1 Å². The van der Waals surface area contributed by atoms with E-state index >= 15 is 0 Å². The van der Waals surface area contributed by atoms with Crippen molar-refractivity contribution in [3.63, 3.8) is 0 Å². The van der Waals surface area contributed by atoms with Gasteiger partial charge in [0.2, 0.25) is 0 Å². The summed E-state index contributed by atoms with van der Waals surface area (Å²) in [5, 5.41) is -0.136. The van der Waals surface area contributed by atoms with Gasteiger partial charge in [0.15, 0.2) is 5.03 Å². The zero-order valence-electron chi connectivity index (χ0n) is 17.4. The Kier molecular flexibility index (Phi) is 5.66. The molecule has 8 nitrogen and oxygen atoms in total. The van der Waals surface area contributed by atoms with E-state index in [4.69, 9.17) is 0 Å². The Balaban J connectivity index is 1.94. The standard InChI is InChI=1S/C20H24N4O4S2/c1-13-6-9-18(15(3)10-13)22-29(25,26)17-8-7-14(2)19(11-17)23-30(27,28)20-12-24(5)16(4)21-20/h6-12,22-23H,1-5H3. The summed E-state index contributed by atoms with van der Waals surface area (Å²) in [6, 6.07) is 9.68. The van der Waals surface area contributed by atoms with E-state index in [1.54, 1.807) is 37.6 Å². The molecule has 0 unspecified atom stereocenters. The summed E-state index contributed by atoms with van der Waals surface area (Å²) in [6.07, 6.45) is 1.40. The second kappa shape index (κ2) is 7.77. The summed E-state index contributed by atoms with van der Waals surface area (Å²) in [7, 11) is -6.19. The number of sulfonamides is 2. The largest absolute Gasteiger partial charge is 0.337 e. The molecule has 0 atom stereocenters. The van der Waals surface area contributed by atoms with Gasteiger partial charge in [0.1, 0.15) is 5.82 Å². The molecule has 30 heavy (non-hydrogen) atoms. The average Bonchev–Trinajstić information content (AvgIpc) is 2.99. The highest BCUT2D eigenvalue weighted by molar-refractivity contribution is 7.93. The predicted molar refractivity (Wildman–Crippen MR) is 117 cm³/mol. The molecule has 160 valence electrons. The highest BCUT2D eigenvalue weighted by Crippen LogP contribution is 2.26. The van der Waals surface area contributed by atoms with Crippen LogP contribution in [0.5, 0.6) is 0 Å². The molecule has 0 saturated carbocycles. The third-order valence-electron chi connectivity index (χ3n) is 4.75. The maximum absolute atomic E-state index is 12.9. The van der Waals surface area contributed by atoms with Crippen LogP contribution in [-0.2, 0) is 27.1 Å². The minimum absolute atomic E-state index is 0.0528. The molecule has 0 aliphatic rings. The summed E-state index contributed by atoms with van der Waals surface area (Å²) in [4.78, 5) is 3.98. The molecule has 0 bridgehead atoms. The van der Waals surface area contributed by atoms with Crippen molar-refractivity contribution in [2.45, 2.75) is 37.6 Å². The molecule has 0 radical (unpaired) electrons. The van der Waals surface area contributed by atoms with Gasteiger partial charge in [0.25, 0.3) is 20.0 Å². The van der Waals surface area contributed by atoms with Crippen molar-refractivity contribution in [2.75, 3.05) is 9.44 Å². The fraction of sp³-hybridized carbons (Fsp3) is 0.250. The molecule has 2 N–H and O–H groups in total. The van der Waals surface area contributed by atoms with E-state index in [2.05, 4.69) is 14.4 Å². The number of aromatic nitrogens is 2. The minimum Gasteiger partial charge on any atom is -0.337 e.